The molecule has 7 nitrogen and oxygen atoms in total. The molecule has 0 radical (unpaired) electrons. The fraction of sp³-hybridized carbons (Fsp3) is 0.778. The van der Waals surface area contributed by atoms with E-state index in [1.807, 2.05) is 22.8 Å². The molecule has 0 aromatic carbocycles. The highest BCUT2D eigenvalue weighted by atomic mass is 16.5. The molecular weight excluding hydrogens is 320 g/mol. The first-order valence-corrected chi connectivity index (χ1v) is 9.43. The maximum atomic E-state index is 12.2. The van der Waals surface area contributed by atoms with Crippen LogP contribution in [0.3, 0.4) is 0 Å². The summed E-state index contributed by atoms with van der Waals surface area (Å²) in [4.78, 5) is 16.6. The highest BCUT2D eigenvalue weighted by Gasteiger charge is 2.43. The molecule has 3 heterocycles. The van der Waals surface area contributed by atoms with Gasteiger partial charge in [-0.15, -0.1) is 0 Å². The molecule has 2 saturated heterocycles. The van der Waals surface area contributed by atoms with E-state index < -0.39 is 0 Å². The predicted molar refractivity (Wildman–Crippen MR) is 91.9 cm³/mol. The molecule has 1 amide bonds. The third kappa shape index (κ3) is 3.73. The van der Waals surface area contributed by atoms with Crippen LogP contribution >= 0.6 is 0 Å². The van der Waals surface area contributed by atoms with Crippen molar-refractivity contribution in [3.63, 3.8) is 0 Å². The van der Waals surface area contributed by atoms with Gasteiger partial charge in [0, 0.05) is 51.0 Å². The fourth-order valence-corrected chi connectivity index (χ4v) is 4.39. The van der Waals surface area contributed by atoms with Crippen LogP contribution in [0.25, 0.3) is 0 Å². The lowest BCUT2D eigenvalue weighted by Crippen LogP contribution is -2.51. The molecular formula is C18H28N4O3. The third-order valence-electron chi connectivity index (χ3n) is 5.67. The van der Waals surface area contributed by atoms with Crippen LogP contribution in [0.4, 0.5) is 0 Å². The van der Waals surface area contributed by atoms with Gasteiger partial charge in [0.05, 0.1) is 25.0 Å². The molecule has 1 aromatic heterocycles. The standard InChI is InChI=1S/C18H28N4O3/c1-20-11-14(10-19-20)12-22-8-9-24-18-15(22)4-5-16(18)25-13-17(23)21-6-2-3-7-21/h10-11,15-16,18H,2-9,12-13H2,1H3/t15-,16+,18+/m0/s1. The molecule has 4 rings (SSSR count). The number of fused-ring (bicyclic) bond motifs is 1. The van der Waals surface area contributed by atoms with Crippen LogP contribution in [0.15, 0.2) is 12.4 Å². The van der Waals surface area contributed by atoms with Crippen molar-refractivity contribution in [3.8, 4) is 0 Å². The van der Waals surface area contributed by atoms with Crippen LogP contribution in [0.2, 0.25) is 0 Å². The summed E-state index contributed by atoms with van der Waals surface area (Å²) in [6.07, 6.45) is 8.38. The number of carbonyl (C=O) groups is 1. The Morgan fingerprint density at radius 1 is 1.32 bits per heavy atom. The number of rotatable bonds is 5. The summed E-state index contributed by atoms with van der Waals surface area (Å²) in [5.41, 5.74) is 1.23. The summed E-state index contributed by atoms with van der Waals surface area (Å²) in [5.74, 6) is 0.129. The monoisotopic (exact) mass is 348 g/mol. The van der Waals surface area contributed by atoms with Crippen LogP contribution < -0.4 is 0 Å². The molecule has 0 spiro atoms. The Bertz CT molecular complexity index is 599. The van der Waals surface area contributed by atoms with Gasteiger partial charge < -0.3 is 14.4 Å². The maximum absolute atomic E-state index is 12.2. The van der Waals surface area contributed by atoms with E-state index in [4.69, 9.17) is 9.47 Å². The van der Waals surface area contributed by atoms with Crippen molar-refractivity contribution < 1.29 is 14.3 Å². The van der Waals surface area contributed by atoms with Gasteiger partial charge in [0.1, 0.15) is 6.61 Å². The first-order valence-electron chi connectivity index (χ1n) is 9.43. The Balaban J connectivity index is 1.32. The van der Waals surface area contributed by atoms with Crippen LogP contribution in [0.5, 0.6) is 0 Å². The quantitative estimate of drug-likeness (QED) is 0.787. The number of nitrogens with zero attached hydrogens (tertiary/aromatic N) is 4. The first kappa shape index (κ1) is 17.0. The van der Waals surface area contributed by atoms with Crippen molar-refractivity contribution >= 4 is 5.91 Å². The Kier molecular flexibility index (Phi) is 5.05. The molecule has 138 valence electrons. The molecule has 0 bridgehead atoms. The number of hydrogen-bond acceptors (Lipinski definition) is 5. The van der Waals surface area contributed by atoms with Crippen LogP contribution in [-0.4, -0.2) is 76.6 Å². The summed E-state index contributed by atoms with van der Waals surface area (Å²) in [5, 5.41) is 4.26. The lowest BCUT2D eigenvalue weighted by Gasteiger charge is -2.38. The molecule has 0 unspecified atom stereocenters. The Labute approximate surface area is 148 Å². The van der Waals surface area contributed by atoms with Crippen LogP contribution in [0.1, 0.15) is 31.2 Å². The molecule has 1 aliphatic carbocycles. The number of amides is 1. The smallest absolute Gasteiger partial charge is 0.248 e. The van der Waals surface area contributed by atoms with Crippen LogP contribution in [-0.2, 0) is 27.9 Å². The minimum Gasteiger partial charge on any atom is -0.373 e. The number of morpholine rings is 1. The van der Waals surface area contributed by atoms with Gasteiger partial charge in [-0.1, -0.05) is 0 Å². The van der Waals surface area contributed by atoms with Crippen molar-refractivity contribution in [2.45, 2.75) is 50.5 Å². The number of aryl methyl sites for hydroxylation is 1. The van der Waals surface area contributed by atoms with Gasteiger partial charge >= 0.3 is 0 Å². The molecule has 3 aliphatic rings. The van der Waals surface area contributed by atoms with E-state index >= 15 is 0 Å². The van der Waals surface area contributed by atoms with E-state index in [1.165, 1.54) is 5.56 Å². The molecule has 1 aromatic rings. The summed E-state index contributed by atoms with van der Waals surface area (Å²) in [6.45, 7) is 4.52. The van der Waals surface area contributed by atoms with E-state index in [0.29, 0.717) is 6.04 Å². The second-order valence-electron chi connectivity index (χ2n) is 7.41. The number of hydrogen-bond donors (Lipinski definition) is 0. The minimum atomic E-state index is 0.0354. The zero-order valence-electron chi connectivity index (χ0n) is 15.0. The Morgan fingerprint density at radius 2 is 2.16 bits per heavy atom. The van der Waals surface area contributed by atoms with Crippen molar-refractivity contribution in [2.75, 3.05) is 32.8 Å². The molecule has 7 heteroatoms. The predicted octanol–water partition coefficient (Wildman–Crippen LogP) is 0.791. The highest BCUT2D eigenvalue weighted by Crippen LogP contribution is 2.33. The maximum Gasteiger partial charge on any atom is 0.248 e. The van der Waals surface area contributed by atoms with Gasteiger partial charge in [0.25, 0.3) is 0 Å². The summed E-state index contributed by atoms with van der Waals surface area (Å²) in [7, 11) is 1.95. The Morgan fingerprint density at radius 3 is 2.92 bits per heavy atom. The third-order valence-corrected chi connectivity index (χ3v) is 5.67. The SMILES string of the molecule is Cn1cc(CN2CCO[C@H]3[C@H](OCC(=O)N4CCCC4)CC[C@@H]32)cn1. The second kappa shape index (κ2) is 7.43. The van der Waals surface area contributed by atoms with E-state index in [2.05, 4.69) is 16.2 Å². The minimum absolute atomic E-state index is 0.0354. The fourth-order valence-electron chi connectivity index (χ4n) is 4.39. The van der Waals surface area contributed by atoms with Crippen molar-refractivity contribution in [3.05, 3.63) is 18.0 Å². The summed E-state index contributed by atoms with van der Waals surface area (Å²) in [6, 6.07) is 0.376. The first-order chi connectivity index (χ1) is 12.2. The Hall–Kier alpha value is -1.44. The molecule has 0 N–H and O–H groups in total. The number of carbonyl (C=O) groups excluding carboxylic acids is 1. The van der Waals surface area contributed by atoms with Crippen molar-refractivity contribution in [1.29, 1.82) is 0 Å². The lowest BCUT2D eigenvalue weighted by molar-refractivity contribution is -0.145. The van der Waals surface area contributed by atoms with E-state index in [1.54, 1.807) is 0 Å². The number of likely N-dealkylation sites (tertiary alicyclic amines) is 1. The molecule has 25 heavy (non-hydrogen) atoms. The van der Waals surface area contributed by atoms with Gasteiger partial charge in [-0.05, 0) is 25.7 Å². The van der Waals surface area contributed by atoms with Gasteiger partial charge in [-0.25, -0.2) is 0 Å². The van der Waals surface area contributed by atoms with Gasteiger partial charge in [0.2, 0.25) is 5.91 Å². The largest absolute Gasteiger partial charge is 0.373 e. The second-order valence-corrected chi connectivity index (χ2v) is 7.41. The average Bonchev–Trinajstić information content (AvgIpc) is 3.34. The normalized spacial score (nSPS) is 30.0. The summed E-state index contributed by atoms with van der Waals surface area (Å²) < 4.78 is 13.9. The van der Waals surface area contributed by atoms with E-state index in [9.17, 15) is 4.79 Å². The van der Waals surface area contributed by atoms with Gasteiger partial charge in [-0.2, -0.15) is 5.10 Å². The lowest BCUT2D eigenvalue weighted by atomic mass is 10.1. The van der Waals surface area contributed by atoms with Crippen molar-refractivity contribution in [1.82, 2.24) is 19.6 Å². The zero-order valence-corrected chi connectivity index (χ0v) is 15.0. The molecule has 1 saturated carbocycles. The van der Waals surface area contributed by atoms with Crippen LogP contribution in [0, 0.1) is 0 Å². The molecule has 2 aliphatic heterocycles. The van der Waals surface area contributed by atoms with E-state index in [0.717, 1.165) is 58.5 Å². The molecule has 3 atom stereocenters. The topological polar surface area (TPSA) is 59.8 Å². The number of ether oxygens (including phenoxy) is 2. The van der Waals surface area contributed by atoms with Crippen molar-refractivity contribution in [2.24, 2.45) is 7.05 Å². The molecule has 3 fully saturated rings. The van der Waals surface area contributed by atoms with E-state index in [-0.39, 0.29) is 24.7 Å². The highest BCUT2D eigenvalue weighted by molar-refractivity contribution is 5.77. The van der Waals surface area contributed by atoms with Gasteiger partial charge in [0.15, 0.2) is 0 Å². The number of aromatic nitrogens is 2. The summed E-state index contributed by atoms with van der Waals surface area (Å²) >= 11 is 0. The zero-order chi connectivity index (χ0) is 17.2. The van der Waals surface area contributed by atoms with Gasteiger partial charge in [-0.3, -0.25) is 14.4 Å². The average molecular weight is 348 g/mol.